The monoisotopic (exact) mass is 156 g/mol. The Hall–Kier alpha value is -0.500. The normalized spacial score (nSPS) is 13.2. The Morgan fingerprint density at radius 2 is 2.18 bits per heavy atom. The van der Waals surface area contributed by atoms with Crippen LogP contribution in [0, 0.1) is 0 Å². The van der Waals surface area contributed by atoms with Crippen LogP contribution in [0.1, 0.15) is 20.3 Å². The highest BCUT2D eigenvalue weighted by Gasteiger charge is 2.09. The summed E-state index contributed by atoms with van der Waals surface area (Å²) in [4.78, 5) is 2.29. The number of likely N-dealkylation sites (N-methyl/N-ethyl adjacent to an activating group) is 2. The molecule has 1 unspecified atom stereocenters. The van der Waals surface area contributed by atoms with Gasteiger partial charge in [0, 0.05) is 18.8 Å². The quantitative estimate of drug-likeness (QED) is 0.648. The van der Waals surface area contributed by atoms with E-state index in [9.17, 15) is 0 Å². The van der Waals surface area contributed by atoms with Gasteiger partial charge in [-0.2, -0.15) is 0 Å². The van der Waals surface area contributed by atoms with Crippen LogP contribution in [-0.4, -0.2) is 31.6 Å². The van der Waals surface area contributed by atoms with Crippen LogP contribution in [0.25, 0.3) is 0 Å². The van der Waals surface area contributed by atoms with Crippen molar-refractivity contribution in [1.82, 2.24) is 10.2 Å². The molecule has 11 heavy (non-hydrogen) atoms. The smallest absolute Gasteiger partial charge is 0.0457 e. The molecule has 0 bridgehead atoms. The first-order chi connectivity index (χ1) is 5.13. The molecule has 2 heteroatoms. The minimum absolute atomic E-state index is 0.431. The number of rotatable bonds is 5. The van der Waals surface area contributed by atoms with E-state index >= 15 is 0 Å². The van der Waals surface area contributed by atoms with Crippen LogP contribution in [0.4, 0.5) is 0 Å². The molecule has 0 aliphatic heterocycles. The predicted molar refractivity (Wildman–Crippen MR) is 50.6 cm³/mol. The molecule has 2 nitrogen and oxygen atoms in total. The lowest BCUT2D eigenvalue weighted by Crippen LogP contribution is -2.34. The maximum absolute atomic E-state index is 3.92. The van der Waals surface area contributed by atoms with E-state index in [0.717, 1.165) is 12.2 Å². The molecule has 1 N–H and O–H groups in total. The molecule has 0 radical (unpaired) electrons. The summed E-state index contributed by atoms with van der Waals surface area (Å²) in [6.07, 6.45) is 1.19. The van der Waals surface area contributed by atoms with Crippen LogP contribution >= 0.6 is 0 Å². The fourth-order valence-electron chi connectivity index (χ4n) is 1.02. The SMILES string of the molecule is C=C(NC)C(C)N(C)CCC. The van der Waals surface area contributed by atoms with E-state index in [1.807, 2.05) is 7.05 Å². The Kier molecular flexibility index (Phi) is 4.95. The zero-order valence-electron chi connectivity index (χ0n) is 8.15. The van der Waals surface area contributed by atoms with Crippen molar-refractivity contribution in [3.05, 3.63) is 12.3 Å². The number of hydrogen-bond donors (Lipinski definition) is 1. The molecular weight excluding hydrogens is 136 g/mol. The first-order valence-corrected chi connectivity index (χ1v) is 4.20. The first-order valence-electron chi connectivity index (χ1n) is 4.20. The Labute approximate surface area is 70.3 Å². The minimum Gasteiger partial charge on any atom is -0.391 e. The lowest BCUT2D eigenvalue weighted by molar-refractivity contribution is 0.281. The Morgan fingerprint density at radius 3 is 2.55 bits per heavy atom. The fourth-order valence-corrected chi connectivity index (χ4v) is 1.02. The van der Waals surface area contributed by atoms with Gasteiger partial charge in [-0.05, 0) is 26.9 Å². The molecule has 0 saturated carbocycles. The highest BCUT2D eigenvalue weighted by Crippen LogP contribution is 2.02. The van der Waals surface area contributed by atoms with Gasteiger partial charge in [-0.25, -0.2) is 0 Å². The maximum Gasteiger partial charge on any atom is 0.0457 e. The summed E-state index contributed by atoms with van der Waals surface area (Å²) in [5, 5.41) is 3.07. The Balaban J connectivity index is 3.80. The van der Waals surface area contributed by atoms with Gasteiger partial charge in [-0.3, -0.25) is 4.90 Å². The molecule has 0 aliphatic carbocycles. The largest absolute Gasteiger partial charge is 0.391 e. The van der Waals surface area contributed by atoms with E-state index in [1.165, 1.54) is 6.42 Å². The molecule has 0 aromatic heterocycles. The predicted octanol–water partition coefficient (Wildman–Crippen LogP) is 1.45. The molecule has 0 fully saturated rings. The topological polar surface area (TPSA) is 15.3 Å². The minimum atomic E-state index is 0.431. The van der Waals surface area contributed by atoms with Crippen molar-refractivity contribution in [2.45, 2.75) is 26.3 Å². The summed E-state index contributed by atoms with van der Waals surface area (Å²) in [6, 6.07) is 0.431. The van der Waals surface area contributed by atoms with E-state index in [4.69, 9.17) is 0 Å². The van der Waals surface area contributed by atoms with E-state index in [1.54, 1.807) is 0 Å². The van der Waals surface area contributed by atoms with Gasteiger partial charge < -0.3 is 5.32 Å². The lowest BCUT2D eigenvalue weighted by Gasteiger charge is -2.25. The third-order valence-electron chi connectivity index (χ3n) is 2.06. The van der Waals surface area contributed by atoms with Crippen molar-refractivity contribution >= 4 is 0 Å². The van der Waals surface area contributed by atoms with Gasteiger partial charge in [-0.15, -0.1) is 0 Å². The highest BCUT2D eigenvalue weighted by molar-refractivity contribution is 5.00. The van der Waals surface area contributed by atoms with Crippen molar-refractivity contribution in [3.63, 3.8) is 0 Å². The van der Waals surface area contributed by atoms with E-state index in [-0.39, 0.29) is 0 Å². The molecule has 0 spiro atoms. The van der Waals surface area contributed by atoms with E-state index in [0.29, 0.717) is 6.04 Å². The molecule has 0 rings (SSSR count). The van der Waals surface area contributed by atoms with Crippen LogP contribution < -0.4 is 5.32 Å². The lowest BCUT2D eigenvalue weighted by atomic mass is 10.2. The van der Waals surface area contributed by atoms with Crippen molar-refractivity contribution < 1.29 is 0 Å². The highest BCUT2D eigenvalue weighted by atomic mass is 15.1. The molecule has 0 saturated heterocycles. The number of hydrogen-bond acceptors (Lipinski definition) is 2. The third-order valence-corrected chi connectivity index (χ3v) is 2.06. The van der Waals surface area contributed by atoms with Gasteiger partial charge >= 0.3 is 0 Å². The molecular formula is C9H20N2. The van der Waals surface area contributed by atoms with Crippen LogP contribution in [0.15, 0.2) is 12.3 Å². The van der Waals surface area contributed by atoms with Gasteiger partial charge in [0.1, 0.15) is 0 Å². The summed E-state index contributed by atoms with van der Waals surface area (Å²) in [7, 11) is 4.04. The molecule has 66 valence electrons. The van der Waals surface area contributed by atoms with Gasteiger partial charge in [0.25, 0.3) is 0 Å². The number of nitrogens with zero attached hydrogens (tertiary/aromatic N) is 1. The van der Waals surface area contributed by atoms with Crippen LogP contribution in [0.2, 0.25) is 0 Å². The van der Waals surface area contributed by atoms with Crippen LogP contribution in [-0.2, 0) is 0 Å². The Bertz CT molecular complexity index is 121. The summed E-state index contributed by atoms with van der Waals surface area (Å²) >= 11 is 0. The third kappa shape index (κ3) is 3.42. The second-order valence-corrected chi connectivity index (χ2v) is 2.93. The van der Waals surface area contributed by atoms with Gasteiger partial charge in [-0.1, -0.05) is 13.5 Å². The molecule has 1 atom stereocenters. The average Bonchev–Trinajstić information content (AvgIpc) is 2.02. The van der Waals surface area contributed by atoms with E-state index < -0.39 is 0 Å². The van der Waals surface area contributed by atoms with Gasteiger partial charge in [0.15, 0.2) is 0 Å². The zero-order chi connectivity index (χ0) is 8.85. The van der Waals surface area contributed by atoms with Crippen molar-refractivity contribution in [2.75, 3.05) is 20.6 Å². The van der Waals surface area contributed by atoms with Crippen LogP contribution in [0.3, 0.4) is 0 Å². The second-order valence-electron chi connectivity index (χ2n) is 2.93. The van der Waals surface area contributed by atoms with E-state index in [2.05, 4.69) is 37.7 Å². The zero-order valence-corrected chi connectivity index (χ0v) is 8.15. The molecule has 0 heterocycles. The van der Waals surface area contributed by atoms with Gasteiger partial charge in [0.2, 0.25) is 0 Å². The summed E-state index contributed by atoms with van der Waals surface area (Å²) < 4.78 is 0. The molecule has 0 aromatic rings. The van der Waals surface area contributed by atoms with Crippen molar-refractivity contribution in [3.8, 4) is 0 Å². The van der Waals surface area contributed by atoms with Gasteiger partial charge in [0.05, 0.1) is 0 Å². The van der Waals surface area contributed by atoms with Crippen LogP contribution in [0.5, 0.6) is 0 Å². The van der Waals surface area contributed by atoms with Crippen molar-refractivity contribution in [2.24, 2.45) is 0 Å². The summed E-state index contributed by atoms with van der Waals surface area (Å²) in [5.41, 5.74) is 1.08. The molecule has 0 amide bonds. The van der Waals surface area contributed by atoms with Crippen molar-refractivity contribution in [1.29, 1.82) is 0 Å². The Morgan fingerprint density at radius 1 is 1.64 bits per heavy atom. The molecule has 0 aromatic carbocycles. The second kappa shape index (κ2) is 5.19. The average molecular weight is 156 g/mol. The summed E-state index contributed by atoms with van der Waals surface area (Å²) in [5.74, 6) is 0. The fraction of sp³-hybridized carbons (Fsp3) is 0.778. The standard InChI is InChI=1S/C9H20N2/c1-6-7-11(5)9(3)8(2)10-4/h9-10H,2,6-7H2,1,3-5H3. The maximum atomic E-state index is 3.92. The first kappa shape index (κ1) is 10.5. The summed E-state index contributed by atoms with van der Waals surface area (Å²) in [6.45, 7) is 9.40. The molecule has 0 aliphatic rings. The number of nitrogens with one attached hydrogen (secondary N) is 1.